The minimum absolute atomic E-state index is 0.0632. The molecule has 4 amide bonds. The molecule has 240 valence electrons. The van der Waals surface area contributed by atoms with Gasteiger partial charge in [-0.3, -0.25) is 19.3 Å². The fourth-order valence-electron chi connectivity index (χ4n) is 5.99. The molecule has 3 aliphatic heterocycles. The van der Waals surface area contributed by atoms with E-state index in [1.165, 1.54) is 17.0 Å². The fraction of sp³-hybridized carbons (Fsp3) is 0.471. The summed E-state index contributed by atoms with van der Waals surface area (Å²) >= 11 is 0. The van der Waals surface area contributed by atoms with E-state index in [0.717, 1.165) is 5.56 Å². The minimum atomic E-state index is -0.945. The molecule has 2 fully saturated rings. The fourth-order valence-corrected chi connectivity index (χ4v) is 5.99. The molecule has 0 aliphatic carbocycles. The number of hydrogen-bond acceptors (Lipinski definition) is 6. The van der Waals surface area contributed by atoms with Gasteiger partial charge in [-0.15, -0.1) is 0 Å². The number of carbonyl (C=O) groups is 4. The van der Waals surface area contributed by atoms with E-state index in [0.29, 0.717) is 30.9 Å². The Morgan fingerprint density at radius 1 is 1.04 bits per heavy atom. The third-order valence-corrected chi connectivity index (χ3v) is 8.12. The van der Waals surface area contributed by atoms with Crippen molar-refractivity contribution in [3.05, 3.63) is 77.6 Å². The summed E-state index contributed by atoms with van der Waals surface area (Å²) in [5.41, 5.74) is 0.734. The van der Waals surface area contributed by atoms with Crippen molar-refractivity contribution in [3.63, 3.8) is 0 Å². The van der Waals surface area contributed by atoms with E-state index < -0.39 is 35.5 Å². The van der Waals surface area contributed by atoms with E-state index in [4.69, 9.17) is 9.47 Å². The molecule has 1 N–H and O–H groups in total. The Kier molecular flexibility index (Phi) is 9.74. The molecule has 11 heteroatoms. The number of hydrogen-bond donors (Lipinski definition) is 1. The Labute approximate surface area is 263 Å². The molecule has 2 saturated heterocycles. The molecular weight excluding hydrogens is 579 g/mol. The molecule has 3 aliphatic rings. The number of halogens is 1. The lowest BCUT2D eigenvalue weighted by molar-refractivity contribution is -0.143. The first-order valence-electron chi connectivity index (χ1n) is 15.4. The first-order valence-corrected chi connectivity index (χ1v) is 15.4. The number of amides is 4. The number of rotatable bonds is 4. The van der Waals surface area contributed by atoms with Crippen LogP contribution in [0.5, 0.6) is 5.75 Å². The van der Waals surface area contributed by atoms with Gasteiger partial charge in [0.15, 0.2) is 0 Å². The number of ether oxygens (including phenoxy) is 2. The highest BCUT2D eigenvalue weighted by Gasteiger charge is 2.42. The van der Waals surface area contributed by atoms with Gasteiger partial charge in [0.25, 0.3) is 0 Å². The maximum atomic E-state index is 14.7. The second-order valence-corrected chi connectivity index (χ2v) is 12.9. The summed E-state index contributed by atoms with van der Waals surface area (Å²) in [6.45, 7) is 7.01. The number of nitrogens with zero attached hydrogens (tertiary/aromatic N) is 3. The highest BCUT2D eigenvalue weighted by molar-refractivity contribution is 5.90. The van der Waals surface area contributed by atoms with E-state index in [-0.39, 0.29) is 56.7 Å². The van der Waals surface area contributed by atoms with Gasteiger partial charge in [0.1, 0.15) is 29.8 Å². The Morgan fingerprint density at radius 3 is 2.58 bits per heavy atom. The normalized spacial score (nSPS) is 22.8. The summed E-state index contributed by atoms with van der Waals surface area (Å²) in [6, 6.07) is 12.3. The monoisotopic (exact) mass is 620 g/mol. The van der Waals surface area contributed by atoms with Crippen molar-refractivity contribution in [2.45, 2.75) is 64.3 Å². The number of benzene rings is 2. The van der Waals surface area contributed by atoms with Gasteiger partial charge in [0.2, 0.25) is 17.7 Å². The zero-order valence-corrected chi connectivity index (χ0v) is 26.0. The topological polar surface area (TPSA) is 108 Å². The molecule has 5 rings (SSSR count). The molecule has 2 aromatic rings. The molecular formula is C34H41FN4O6. The lowest BCUT2D eigenvalue weighted by Crippen LogP contribution is -2.60. The van der Waals surface area contributed by atoms with Crippen LogP contribution in [0.1, 0.15) is 44.7 Å². The Morgan fingerprint density at radius 2 is 1.82 bits per heavy atom. The van der Waals surface area contributed by atoms with Crippen molar-refractivity contribution in [2.75, 3.05) is 32.8 Å². The summed E-state index contributed by atoms with van der Waals surface area (Å²) in [6.07, 6.45) is 3.24. The molecule has 0 radical (unpaired) electrons. The van der Waals surface area contributed by atoms with Crippen LogP contribution in [0.25, 0.3) is 0 Å². The molecule has 10 nitrogen and oxygen atoms in total. The number of fused-ring (bicyclic) bond motifs is 4. The van der Waals surface area contributed by atoms with Crippen LogP contribution in [0.15, 0.2) is 60.7 Å². The highest BCUT2D eigenvalue weighted by atomic mass is 19.1. The summed E-state index contributed by atoms with van der Waals surface area (Å²) in [5, 5.41) is 3.05. The molecule has 0 aromatic heterocycles. The Hall–Kier alpha value is -4.41. The Bertz CT molecular complexity index is 1440. The zero-order valence-electron chi connectivity index (χ0n) is 26.0. The SMILES string of the molecule is CC(C)(C)OC(=O)N1CCN(Cc2ccccc2)C(=O)[C@@H]1C[C@@H]1Cc2cc(F)cc(c2)OCC=CCN2CC(CC2=O)C(=O)N1. The second kappa shape index (κ2) is 13.7. The molecule has 0 saturated carbocycles. The first-order chi connectivity index (χ1) is 21.4. The van der Waals surface area contributed by atoms with Gasteiger partial charge in [0, 0.05) is 51.3 Å². The van der Waals surface area contributed by atoms with Gasteiger partial charge in [-0.1, -0.05) is 36.4 Å². The van der Waals surface area contributed by atoms with Crippen LogP contribution >= 0.6 is 0 Å². The molecule has 3 atom stereocenters. The summed E-state index contributed by atoms with van der Waals surface area (Å²) in [7, 11) is 0. The third kappa shape index (κ3) is 8.40. The minimum Gasteiger partial charge on any atom is -0.489 e. The van der Waals surface area contributed by atoms with Crippen molar-refractivity contribution in [1.82, 2.24) is 20.0 Å². The average Bonchev–Trinajstić information content (AvgIpc) is 3.34. The number of carbonyl (C=O) groups excluding carboxylic acids is 4. The van der Waals surface area contributed by atoms with E-state index in [1.807, 2.05) is 30.3 Å². The number of piperazine rings is 1. The lowest BCUT2D eigenvalue weighted by atomic mass is 9.95. The van der Waals surface area contributed by atoms with Gasteiger partial charge in [-0.05, 0) is 62.9 Å². The Balaban J connectivity index is 1.46. The van der Waals surface area contributed by atoms with Gasteiger partial charge >= 0.3 is 6.09 Å². The van der Waals surface area contributed by atoms with Gasteiger partial charge < -0.3 is 24.6 Å². The standard InChI is InChI=1S/C34H41FN4O6/c1-34(2,3)45-33(43)39-13-12-38(21-23-9-5-4-6-10-23)32(42)29(39)20-27-16-24-15-26(35)19-28(17-24)44-14-8-7-11-37-22-25(18-30(37)40)31(41)36-27/h4-10,15,17,19,25,27,29H,11-14,16,18,20-22H2,1-3H3,(H,36,41)/t25?,27-,29-/m0/s1. The lowest BCUT2D eigenvalue weighted by Gasteiger charge is -2.42. The number of nitrogens with one attached hydrogen (secondary N) is 1. The first kappa shape index (κ1) is 32.0. The second-order valence-electron chi connectivity index (χ2n) is 12.9. The van der Waals surface area contributed by atoms with Crippen LogP contribution < -0.4 is 10.1 Å². The van der Waals surface area contributed by atoms with Gasteiger partial charge in [-0.25, -0.2) is 9.18 Å². The van der Waals surface area contributed by atoms with Crippen LogP contribution in [0, 0.1) is 11.7 Å². The third-order valence-electron chi connectivity index (χ3n) is 8.12. The van der Waals surface area contributed by atoms with Crippen molar-refractivity contribution < 1.29 is 33.0 Å². The highest BCUT2D eigenvalue weighted by Crippen LogP contribution is 2.26. The van der Waals surface area contributed by atoms with Crippen molar-refractivity contribution in [1.29, 1.82) is 0 Å². The van der Waals surface area contributed by atoms with Crippen LogP contribution in [0.4, 0.5) is 9.18 Å². The quantitative estimate of drug-likeness (QED) is 0.523. The van der Waals surface area contributed by atoms with E-state index in [2.05, 4.69) is 5.32 Å². The summed E-state index contributed by atoms with van der Waals surface area (Å²) in [4.78, 5) is 58.5. The largest absolute Gasteiger partial charge is 0.489 e. The summed E-state index contributed by atoms with van der Waals surface area (Å²) < 4.78 is 26.1. The molecule has 1 unspecified atom stereocenters. The smallest absolute Gasteiger partial charge is 0.411 e. The van der Waals surface area contributed by atoms with E-state index >= 15 is 0 Å². The maximum Gasteiger partial charge on any atom is 0.411 e. The van der Waals surface area contributed by atoms with Crippen molar-refractivity contribution in [3.8, 4) is 5.75 Å². The molecule has 3 heterocycles. The molecule has 45 heavy (non-hydrogen) atoms. The maximum absolute atomic E-state index is 14.7. The predicted octanol–water partition coefficient (Wildman–Crippen LogP) is 3.69. The van der Waals surface area contributed by atoms with E-state index in [1.54, 1.807) is 48.8 Å². The summed E-state index contributed by atoms with van der Waals surface area (Å²) in [5.74, 6) is -1.45. The van der Waals surface area contributed by atoms with Crippen LogP contribution in [0.2, 0.25) is 0 Å². The average molecular weight is 621 g/mol. The van der Waals surface area contributed by atoms with Crippen LogP contribution in [-0.2, 0) is 32.1 Å². The molecule has 4 bridgehead atoms. The van der Waals surface area contributed by atoms with Crippen LogP contribution in [0.3, 0.4) is 0 Å². The van der Waals surface area contributed by atoms with Gasteiger partial charge in [-0.2, -0.15) is 0 Å². The molecule has 0 spiro atoms. The molecule has 2 aromatic carbocycles. The van der Waals surface area contributed by atoms with Crippen LogP contribution in [-0.4, -0.2) is 89.0 Å². The van der Waals surface area contributed by atoms with Crippen molar-refractivity contribution >= 4 is 23.8 Å². The van der Waals surface area contributed by atoms with Gasteiger partial charge in [0.05, 0.1) is 5.92 Å². The van der Waals surface area contributed by atoms with Crippen molar-refractivity contribution in [2.24, 2.45) is 5.92 Å². The zero-order chi connectivity index (χ0) is 32.1. The predicted molar refractivity (Wildman–Crippen MR) is 165 cm³/mol. The van der Waals surface area contributed by atoms with E-state index in [9.17, 15) is 23.6 Å².